The fraction of sp³-hybridized carbons (Fsp3) is 0.154. The van der Waals surface area contributed by atoms with Crippen molar-refractivity contribution in [3.63, 3.8) is 0 Å². The van der Waals surface area contributed by atoms with Crippen LogP contribution >= 0.6 is 0 Å². The van der Waals surface area contributed by atoms with Gasteiger partial charge in [-0.1, -0.05) is 12.1 Å². The molecule has 5 nitrogen and oxygen atoms in total. The van der Waals surface area contributed by atoms with E-state index in [4.69, 9.17) is 4.74 Å². The molecule has 8 heteroatoms. The van der Waals surface area contributed by atoms with E-state index in [0.717, 1.165) is 17.7 Å². The van der Waals surface area contributed by atoms with Gasteiger partial charge in [0.1, 0.15) is 5.75 Å². The largest absolute Gasteiger partial charge is 0.439 e. The minimum absolute atomic E-state index is 0.0587. The highest BCUT2D eigenvalue weighted by molar-refractivity contribution is 5.31. The second-order valence-corrected chi connectivity index (χ2v) is 4.06. The molecule has 0 saturated carbocycles. The van der Waals surface area contributed by atoms with E-state index >= 15 is 0 Å². The average Bonchev–Trinajstić information content (AvgIpc) is 2.46. The smallest absolute Gasteiger partial charge is 0.417 e. The molecule has 1 N–H and O–H groups in total. The van der Waals surface area contributed by atoms with Crippen LogP contribution in [0, 0.1) is 4.91 Å². The van der Waals surface area contributed by atoms with Crippen LogP contribution in [0.3, 0.4) is 0 Å². The molecule has 0 radical (unpaired) electrons. The lowest BCUT2D eigenvalue weighted by molar-refractivity contribution is -0.137. The van der Waals surface area contributed by atoms with Crippen molar-refractivity contribution >= 4 is 0 Å². The summed E-state index contributed by atoms with van der Waals surface area (Å²) in [6.45, 7) is 0.280. The van der Waals surface area contributed by atoms with Crippen LogP contribution in [-0.4, -0.2) is 4.98 Å². The van der Waals surface area contributed by atoms with Gasteiger partial charge in [0.15, 0.2) is 0 Å². The number of nitrogens with zero attached hydrogens (tertiary/aromatic N) is 2. The number of nitroso groups, excluding NO2 is 1. The number of rotatable bonds is 5. The van der Waals surface area contributed by atoms with E-state index in [1.165, 1.54) is 0 Å². The molecule has 1 aromatic carbocycles. The monoisotopic (exact) mass is 297 g/mol. The SMILES string of the molecule is O=NNCc1ccc(Oc2ccc(C(F)(F)F)cn2)cc1. The van der Waals surface area contributed by atoms with Gasteiger partial charge < -0.3 is 4.74 Å². The lowest BCUT2D eigenvalue weighted by Gasteiger charge is -2.08. The van der Waals surface area contributed by atoms with E-state index in [-0.39, 0.29) is 12.4 Å². The predicted octanol–water partition coefficient (Wildman–Crippen LogP) is 3.66. The Bertz CT molecular complexity index is 598. The lowest BCUT2D eigenvalue weighted by atomic mass is 10.2. The van der Waals surface area contributed by atoms with Crippen molar-refractivity contribution in [1.29, 1.82) is 0 Å². The zero-order valence-corrected chi connectivity index (χ0v) is 10.6. The number of halogens is 3. The van der Waals surface area contributed by atoms with E-state index in [1.807, 2.05) is 0 Å². The molecule has 0 spiro atoms. The first-order valence-corrected chi connectivity index (χ1v) is 5.84. The maximum atomic E-state index is 12.4. The topological polar surface area (TPSA) is 63.6 Å². The number of hydrogen-bond donors (Lipinski definition) is 1. The van der Waals surface area contributed by atoms with Gasteiger partial charge in [0.25, 0.3) is 0 Å². The first kappa shape index (κ1) is 14.8. The average molecular weight is 297 g/mol. The third-order valence-corrected chi connectivity index (χ3v) is 2.56. The first-order chi connectivity index (χ1) is 9.99. The van der Waals surface area contributed by atoms with E-state index in [2.05, 4.69) is 15.7 Å². The highest BCUT2D eigenvalue weighted by Crippen LogP contribution is 2.30. The maximum Gasteiger partial charge on any atom is 0.417 e. The van der Waals surface area contributed by atoms with Crippen LogP contribution in [0.4, 0.5) is 13.2 Å². The van der Waals surface area contributed by atoms with Gasteiger partial charge in [0.2, 0.25) is 5.88 Å². The molecule has 0 saturated heterocycles. The van der Waals surface area contributed by atoms with Crippen LogP contribution in [0.15, 0.2) is 47.9 Å². The molecule has 2 aromatic rings. The molecule has 21 heavy (non-hydrogen) atoms. The van der Waals surface area contributed by atoms with Gasteiger partial charge in [-0.05, 0) is 23.8 Å². The van der Waals surface area contributed by atoms with Crippen LogP contribution in [0.1, 0.15) is 11.1 Å². The molecular weight excluding hydrogens is 287 g/mol. The Morgan fingerprint density at radius 3 is 2.38 bits per heavy atom. The minimum atomic E-state index is -4.42. The highest BCUT2D eigenvalue weighted by atomic mass is 19.4. The summed E-state index contributed by atoms with van der Waals surface area (Å²) >= 11 is 0. The second kappa shape index (κ2) is 6.21. The van der Waals surface area contributed by atoms with Gasteiger partial charge in [-0.25, -0.2) is 4.98 Å². The zero-order chi connectivity index (χ0) is 15.3. The Hall–Kier alpha value is -2.64. The number of nitrogens with one attached hydrogen (secondary N) is 1. The van der Waals surface area contributed by atoms with Crippen molar-refractivity contribution in [2.75, 3.05) is 0 Å². The highest BCUT2D eigenvalue weighted by Gasteiger charge is 2.30. The normalized spacial score (nSPS) is 11.0. The summed E-state index contributed by atoms with van der Waals surface area (Å²) in [5, 5.41) is 2.52. The van der Waals surface area contributed by atoms with E-state index in [9.17, 15) is 18.1 Å². The van der Waals surface area contributed by atoms with Crippen LogP contribution in [0.5, 0.6) is 11.6 Å². The van der Waals surface area contributed by atoms with Crippen molar-refractivity contribution in [3.8, 4) is 11.6 Å². The van der Waals surface area contributed by atoms with Crippen molar-refractivity contribution in [2.24, 2.45) is 5.29 Å². The molecular formula is C13H10F3N3O2. The lowest BCUT2D eigenvalue weighted by Crippen LogP contribution is -2.05. The molecule has 0 amide bonds. The molecule has 1 heterocycles. The number of aromatic nitrogens is 1. The Balaban J connectivity index is 2.02. The molecule has 0 aliphatic heterocycles. The standard InChI is InChI=1S/C13H10F3N3O2/c14-13(15,16)10-3-6-12(17-8-10)21-11-4-1-9(2-5-11)7-18-19-20/h1-6,8H,7H2,(H,18,20). The molecule has 110 valence electrons. The quantitative estimate of drug-likeness (QED) is 0.675. The first-order valence-electron chi connectivity index (χ1n) is 5.84. The number of alkyl halides is 3. The van der Waals surface area contributed by atoms with Crippen molar-refractivity contribution < 1.29 is 17.9 Å². The third kappa shape index (κ3) is 4.16. The van der Waals surface area contributed by atoms with Gasteiger partial charge in [-0.2, -0.15) is 13.2 Å². The van der Waals surface area contributed by atoms with Gasteiger partial charge in [-0.3, -0.25) is 5.43 Å². The van der Waals surface area contributed by atoms with Gasteiger partial charge in [-0.15, -0.1) is 4.91 Å². The second-order valence-electron chi connectivity index (χ2n) is 4.06. The maximum absolute atomic E-state index is 12.4. The molecule has 0 aliphatic carbocycles. The Kier molecular flexibility index (Phi) is 4.36. The molecule has 0 atom stereocenters. The van der Waals surface area contributed by atoms with Crippen LogP contribution in [0.25, 0.3) is 0 Å². The van der Waals surface area contributed by atoms with E-state index in [0.29, 0.717) is 11.9 Å². The van der Waals surface area contributed by atoms with Crippen LogP contribution < -0.4 is 10.2 Å². The number of ether oxygens (including phenoxy) is 1. The molecule has 0 unspecified atom stereocenters. The van der Waals surface area contributed by atoms with Crippen molar-refractivity contribution in [3.05, 3.63) is 58.6 Å². The van der Waals surface area contributed by atoms with Gasteiger partial charge >= 0.3 is 6.18 Å². The van der Waals surface area contributed by atoms with Gasteiger partial charge in [0, 0.05) is 17.5 Å². The van der Waals surface area contributed by atoms with Crippen LogP contribution in [-0.2, 0) is 12.7 Å². The van der Waals surface area contributed by atoms with Crippen molar-refractivity contribution in [1.82, 2.24) is 10.4 Å². The van der Waals surface area contributed by atoms with E-state index < -0.39 is 11.7 Å². The number of benzene rings is 1. The molecule has 0 bridgehead atoms. The van der Waals surface area contributed by atoms with E-state index in [1.54, 1.807) is 24.3 Å². The molecule has 0 aliphatic rings. The summed E-state index contributed by atoms with van der Waals surface area (Å²) < 4.78 is 42.4. The Morgan fingerprint density at radius 1 is 1.14 bits per heavy atom. The van der Waals surface area contributed by atoms with Crippen molar-refractivity contribution in [2.45, 2.75) is 12.7 Å². The number of hydrogen-bond acceptors (Lipinski definition) is 4. The summed E-state index contributed by atoms with van der Waals surface area (Å²) in [4.78, 5) is 13.5. The summed E-state index contributed by atoms with van der Waals surface area (Å²) in [5.41, 5.74) is 2.24. The minimum Gasteiger partial charge on any atom is -0.439 e. The van der Waals surface area contributed by atoms with Gasteiger partial charge in [0.05, 0.1) is 12.1 Å². The van der Waals surface area contributed by atoms with Crippen LogP contribution in [0.2, 0.25) is 0 Å². The predicted molar refractivity (Wildman–Crippen MR) is 68.4 cm³/mol. The third-order valence-electron chi connectivity index (χ3n) is 2.56. The zero-order valence-electron chi connectivity index (χ0n) is 10.6. The fourth-order valence-electron chi connectivity index (χ4n) is 1.53. The fourth-order valence-corrected chi connectivity index (χ4v) is 1.53. The molecule has 0 fully saturated rings. The molecule has 2 rings (SSSR count). The summed E-state index contributed by atoms with van der Waals surface area (Å²) in [6.07, 6.45) is -3.71. The Morgan fingerprint density at radius 2 is 1.86 bits per heavy atom. The number of pyridine rings is 1. The Labute approximate surface area is 117 Å². The summed E-state index contributed by atoms with van der Waals surface area (Å²) in [7, 11) is 0. The summed E-state index contributed by atoms with van der Waals surface area (Å²) in [6, 6.07) is 8.66. The molecule has 1 aromatic heterocycles. The summed E-state index contributed by atoms with van der Waals surface area (Å²) in [5.74, 6) is 0.480.